The fraction of sp³-hybridized carbons (Fsp3) is 0.464. The van der Waals surface area contributed by atoms with Crippen LogP contribution in [0.25, 0.3) is 0 Å². The van der Waals surface area contributed by atoms with Gasteiger partial charge in [-0.15, -0.1) is 0 Å². The summed E-state index contributed by atoms with van der Waals surface area (Å²) in [6, 6.07) is 12.5. The van der Waals surface area contributed by atoms with Crippen LogP contribution in [-0.4, -0.2) is 73.9 Å². The van der Waals surface area contributed by atoms with Gasteiger partial charge in [0.15, 0.2) is 0 Å². The van der Waals surface area contributed by atoms with Gasteiger partial charge in [-0.05, 0) is 74.6 Å². The van der Waals surface area contributed by atoms with Crippen LogP contribution in [0.4, 0.5) is 11.4 Å². The lowest BCUT2D eigenvalue weighted by Crippen LogP contribution is -2.49. The highest BCUT2D eigenvalue weighted by molar-refractivity contribution is 6.06. The predicted octanol–water partition coefficient (Wildman–Crippen LogP) is 3.63. The normalized spacial score (nSPS) is 18.1. The molecule has 5 rings (SSSR count). The molecule has 1 N–H and O–H groups in total. The van der Waals surface area contributed by atoms with E-state index in [0.29, 0.717) is 48.7 Å². The number of rotatable bonds is 6. The quantitative estimate of drug-likeness (QED) is 0.669. The number of nitrogens with zero attached hydrogens (tertiary/aromatic N) is 3. The molecule has 1 aliphatic carbocycles. The molecule has 0 unspecified atom stereocenters. The average Bonchev–Trinajstić information content (AvgIpc) is 3.79. The van der Waals surface area contributed by atoms with E-state index in [1.807, 2.05) is 21.9 Å². The molecular formula is C28H34N4O4. The van der Waals surface area contributed by atoms with Crippen molar-refractivity contribution in [3.8, 4) is 5.75 Å². The highest BCUT2D eigenvalue weighted by Gasteiger charge is 2.35. The lowest BCUT2D eigenvalue weighted by Gasteiger charge is -2.37. The number of piperidine rings is 1. The summed E-state index contributed by atoms with van der Waals surface area (Å²) in [6.45, 7) is 4.23. The summed E-state index contributed by atoms with van der Waals surface area (Å²) in [4.78, 5) is 45.0. The number of carbonyl (C=O) groups excluding carboxylic acids is 3. The Labute approximate surface area is 212 Å². The SMILES string of the molecule is COc1ccc(C(=O)Nc2ccc(N3CCN(C(=O)C4CC4)CC3)c(C(=O)N3CCCCC3)c2)cc1. The Morgan fingerprint density at radius 2 is 1.53 bits per heavy atom. The van der Waals surface area contributed by atoms with Crippen LogP contribution in [-0.2, 0) is 4.79 Å². The summed E-state index contributed by atoms with van der Waals surface area (Å²) in [6.07, 6.45) is 5.19. The topological polar surface area (TPSA) is 82.2 Å². The minimum atomic E-state index is -0.242. The largest absolute Gasteiger partial charge is 0.497 e. The van der Waals surface area contributed by atoms with Gasteiger partial charge in [-0.3, -0.25) is 14.4 Å². The molecule has 0 bridgehead atoms. The van der Waals surface area contributed by atoms with E-state index in [1.54, 1.807) is 37.4 Å². The number of nitrogens with one attached hydrogen (secondary N) is 1. The zero-order valence-electron chi connectivity index (χ0n) is 20.9. The standard InChI is InChI=1S/C28H34N4O4/c1-36-23-10-7-20(8-11-23)26(33)29-22-9-12-25(24(19-22)28(35)31-13-3-2-4-14-31)30-15-17-32(18-16-30)27(34)21-5-6-21/h7-12,19,21H,2-6,13-18H2,1H3,(H,29,33). The van der Waals surface area contributed by atoms with Crippen molar-refractivity contribution in [2.75, 3.05) is 56.6 Å². The van der Waals surface area contributed by atoms with Crippen molar-refractivity contribution in [1.82, 2.24) is 9.80 Å². The summed E-state index contributed by atoms with van der Waals surface area (Å²) in [5.74, 6) is 0.942. The third-order valence-electron chi connectivity index (χ3n) is 7.34. The van der Waals surface area contributed by atoms with Gasteiger partial charge in [-0.25, -0.2) is 0 Å². The smallest absolute Gasteiger partial charge is 0.256 e. The van der Waals surface area contributed by atoms with Crippen molar-refractivity contribution in [1.29, 1.82) is 0 Å². The Kier molecular flexibility index (Phi) is 7.11. The molecule has 190 valence electrons. The van der Waals surface area contributed by atoms with Crippen LogP contribution < -0.4 is 15.0 Å². The summed E-state index contributed by atoms with van der Waals surface area (Å²) in [5, 5.41) is 2.94. The van der Waals surface area contributed by atoms with Gasteiger partial charge in [0.25, 0.3) is 11.8 Å². The maximum Gasteiger partial charge on any atom is 0.256 e. The summed E-state index contributed by atoms with van der Waals surface area (Å²) in [5.41, 5.74) is 2.57. The number of carbonyl (C=O) groups is 3. The van der Waals surface area contributed by atoms with Crippen molar-refractivity contribution in [2.24, 2.45) is 5.92 Å². The van der Waals surface area contributed by atoms with Crippen LogP contribution >= 0.6 is 0 Å². The van der Waals surface area contributed by atoms with Gasteiger partial charge in [0.2, 0.25) is 5.91 Å². The molecule has 0 spiro atoms. The Bertz CT molecular complexity index is 1110. The number of likely N-dealkylation sites (tertiary alicyclic amines) is 1. The summed E-state index contributed by atoms with van der Waals surface area (Å²) >= 11 is 0. The van der Waals surface area contributed by atoms with Gasteiger partial charge in [-0.2, -0.15) is 0 Å². The molecule has 3 aliphatic rings. The first kappa shape index (κ1) is 24.2. The first-order valence-electron chi connectivity index (χ1n) is 13.0. The van der Waals surface area contributed by atoms with Crippen LogP contribution in [0.1, 0.15) is 52.8 Å². The highest BCUT2D eigenvalue weighted by atomic mass is 16.5. The average molecular weight is 491 g/mol. The van der Waals surface area contributed by atoms with Crippen molar-refractivity contribution >= 4 is 29.1 Å². The number of methoxy groups -OCH3 is 1. The van der Waals surface area contributed by atoms with Crippen LogP contribution in [0.15, 0.2) is 42.5 Å². The van der Waals surface area contributed by atoms with Crippen LogP contribution in [0.3, 0.4) is 0 Å². The molecule has 3 fully saturated rings. The summed E-state index contributed by atoms with van der Waals surface area (Å²) in [7, 11) is 1.59. The molecule has 2 saturated heterocycles. The predicted molar refractivity (Wildman–Crippen MR) is 139 cm³/mol. The molecule has 0 radical (unpaired) electrons. The Morgan fingerprint density at radius 3 is 2.17 bits per heavy atom. The minimum absolute atomic E-state index is 0.00160. The van der Waals surface area contributed by atoms with Gasteiger partial charge in [0.05, 0.1) is 12.7 Å². The number of hydrogen-bond acceptors (Lipinski definition) is 5. The first-order valence-corrected chi connectivity index (χ1v) is 13.0. The maximum atomic E-state index is 13.6. The van der Waals surface area contributed by atoms with E-state index in [9.17, 15) is 14.4 Å². The zero-order valence-corrected chi connectivity index (χ0v) is 20.9. The summed E-state index contributed by atoms with van der Waals surface area (Å²) < 4.78 is 5.17. The van der Waals surface area contributed by atoms with Gasteiger partial charge in [0, 0.05) is 62.1 Å². The molecule has 2 aliphatic heterocycles. The molecule has 2 aromatic rings. The van der Waals surface area contributed by atoms with E-state index in [2.05, 4.69) is 10.2 Å². The van der Waals surface area contributed by atoms with Gasteiger partial charge in [-0.1, -0.05) is 0 Å². The van der Waals surface area contributed by atoms with Gasteiger partial charge < -0.3 is 24.8 Å². The minimum Gasteiger partial charge on any atom is -0.497 e. The second kappa shape index (κ2) is 10.6. The lowest BCUT2D eigenvalue weighted by atomic mass is 10.0. The molecule has 8 nitrogen and oxygen atoms in total. The number of benzene rings is 2. The van der Waals surface area contributed by atoms with E-state index in [0.717, 1.165) is 50.9 Å². The fourth-order valence-corrected chi connectivity index (χ4v) is 5.03. The van der Waals surface area contributed by atoms with Crippen molar-refractivity contribution in [3.05, 3.63) is 53.6 Å². The maximum absolute atomic E-state index is 13.6. The molecule has 36 heavy (non-hydrogen) atoms. The second-order valence-electron chi connectivity index (χ2n) is 9.85. The number of amides is 3. The first-order chi connectivity index (χ1) is 17.5. The zero-order chi connectivity index (χ0) is 25.1. The molecule has 3 amide bonds. The van der Waals surface area contributed by atoms with Gasteiger partial charge >= 0.3 is 0 Å². The Hall–Kier alpha value is -3.55. The molecule has 0 atom stereocenters. The van der Waals surface area contributed by atoms with Crippen molar-refractivity contribution in [2.45, 2.75) is 32.1 Å². The van der Waals surface area contributed by atoms with Crippen LogP contribution in [0.5, 0.6) is 5.75 Å². The van der Waals surface area contributed by atoms with Crippen molar-refractivity contribution in [3.63, 3.8) is 0 Å². The molecular weight excluding hydrogens is 456 g/mol. The Balaban J connectivity index is 1.35. The number of ether oxygens (including phenoxy) is 1. The third-order valence-corrected chi connectivity index (χ3v) is 7.34. The molecule has 0 aromatic heterocycles. The Morgan fingerprint density at radius 1 is 0.833 bits per heavy atom. The lowest BCUT2D eigenvalue weighted by molar-refractivity contribution is -0.132. The molecule has 2 heterocycles. The van der Waals surface area contributed by atoms with E-state index < -0.39 is 0 Å². The third kappa shape index (κ3) is 5.32. The second-order valence-corrected chi connectivity index (χ2v) is 9.85. The monoisotopic (exact) mass is 490 g/mol. The van der Waals surface area contributed by atoms with E-state index in [1.165, 1.54) is 0 Å². The molecule has 1 saturated carbocycles. The van der Waals surface area contributed by atoms with Crippen LogP contribution in [0, 0.1) is 5.92 Å². The highest BCUT2D eigenvalue weighted by Crippen LogP contribution is 2.32. The molecule has 2 aromatic carbocycles. The molecule has 8 heteroatoms. The van der Waals surface area contributed by atoms with Gasteiger partial charge in [0.1, 0.15) is 5.75 Å². The number of piperazine rings is 1. The number of hydrogen-bond donors (Lipinski definition) is 1. The van der Waals surface area contributed by atoms with Crippen LogP contribution in [0.2, 0.25) is 0 Å². The van der Waals surface area contributed by atoms with E-state index >= 15 is 0 Å². The van der Waals surface area contributed by atoms with E-state index in [4.69, 9.17) is 4.74 Å². The number of anilines is 2. The fourth-order valence-electron chi connectivity index (χ4n) is 5.03. The van der Waals surface area contributed by atoms with E-state index in [-0.39, 0.29) is 23.6 Å². The van der Waals surface area contributed by atoms with Crippen molar-refractivity contribution < 1.29 is 19.1 Å².